The molecule has 2 saturated carbocycles. The minimum Gasteiger partial charge on any atom is -0.395 e. The summed E-state index contributed by atoms with van der Waals surface area (Å²) >= 11 is 0. The van der Waals surface area contributed by atoms with E-state index in [9.17, 15) is 9.90 Å². The summed E-state index contributed by atoms with van der Waals surface area (Å²) in [6, 6.07) is 9.18. The summed E-state index contributed by atoms with van der Waals surface area (Å²) in [6.45, 7) is 2.91. The topological polar surface area (TPSA) is 43.8 Å². The molecule has 2 heterocycles. The first-order valence-corrected chi connectivity index (χ1v) is 12.0. The molecule has 5 rings (SSSR count). The van der Waals surface area contributed by atoms with Gasteiger partial charge in [-0.1, -0.05) is 36.8 Å². The maximum atomic E-state index is 12.8. The van der Waals surface area contributed by atoms with Crippen LogP contribution in [0.25, 0.3) is 0 Å². The third kappa shape index (κ3) is 4.03. The van der Waals surface area contributed by atoms with E-state index in [2.05, 4.69) is 45.9 Å². The molecule has 1 aromatic carbocycles. The first-order chi connectivity index (χ1) is 14.7. The number of carbonyl (C=O) groups excluding carboxylic acids is 1. The van der Waals surface area contributed by atoms with Gasteiger partial charge in [0.15, 0.2) is 0 Å². The number of rotatable bonds is 3. The Labute approximate surface area is 180 Å². The van der Waals surface area contributed by atoms with Crippen LogP contribution in [0.3, 0.4) is 0 Å². The van der Waals surface area contributed by atoms with Crippen molar-refractivity contribution < 1.29 is 9.90 Å². The van der Waals surface area contributed by atoms with Crippen molar-refractivity contribution in [3.05, 3.63) is 35.4 Å². The van der Waals surface area contributed by atoms with Crippen LogP contribution in [-0.4, -0.2) is 59.1 Å². The van der Waals surface area contributed by atoms with E-state index < -0.39 is 0 Å². The predicted octanol–water partition coefficient (Wildman–Crippen LogP) is 3.39. The van der Waals surface area contributed by atoms with Gasteiger partial charge in [-0.15, -0.1) is 0 Å². The highest BCUT2D eigenvalue weighted by molar-refractivity contribution is 5.81. The lowest BCUT2D eigenvalue weighted by atomic mass is 9.74. The van der Waals surface area contributed by atoms with Crippen LogP contribution >= 0.6 is 0 Å². The maximum Gasteiger partial charge on any atom is 0.225 e. The highest BCUT2D eigenvalue weighted by atomic mass is 16.3. The minimum atomic E-state index is 0.168. The SMILES string of the molecule is O=C(C1CC1)N1CCCCN2[C@H](C1)[C@@H](c1ccc(C#CC3CCCC3)cc1)[C@@H]2CO. The van der Waals surface area contributed by atoms with Crippen molar-refractivity contribution in [2.75, 3.05) is 26.2 Å². The van der Waals surface area contributed by atoms with Crippen LogP contribution in [0.15, 0.2) is 24.3 Å². The van der Waals surface area contributed by atoms with Crippen LogP contribution < -0.4 is 0 Å². The Bertz CT molecular complexity index is 814. The van der Waals surface area contributed by atoms with E-state index in [0.717, 1.165) is 50.9 Å². The average molecular weight is 407 g/mol. The molecule has 30 heavy (non-hydrogen) atoms. The molecule has 4 fully saturated rings. The highest BCUT2D eigenvalue weighted by Crippen LogP contribution is 2.42. The van der Waals surface area contributed by atoms with Crippen LogP contribution in [0.4, 0.5) is 0 Å². The zero-order valence-electron chi connectivity index (χ0n) is 17.9. The monoisotopic (exact) mass is 406 g/mol. The van der Waals surface area contributed by atoms with Gasteiger partial charge >= 0.3 is 0 Å². The number of benzene rings is 1. The molecule has 1 aromatic rings. The van der Waals surface area contributed by atoms with E-state index in [1.54, 1.807) is 0 Å². The molecule has 4 aliphatic rings. The quantitative estimate of drug-likeness (QED) is 0.783. The predicted molar refractivity (Wildman–Crippen MR) is 118 cm³/mol. The first kappa shape index (κ1) is 20.1. The number of hydrogen-bond acceptors (Lipinski definition) is 3. The van der Waals surface area contributed by atoms with Gasteiger partial charge in [0.05, 0.1) is 6.61 Å². The Morgan fingerprint density at radius 3 is 2.43 bits per heavy atom. The molecule has 2 saturated heterocycles. The number of nitrogens with zero attached hydrogens (tertiary/aromatic N) is 2. The molecular formula is C26H34N2O2. The molecule has 0 unspecified atom stereocenters. The number of aliphatic hydroxyl groups is 1. The molecule has 1 amide bonds. The smallest absolute Gasteiger partial charge is 0.225 e. The summed E-state index contributed by atoms with van der Waals surface area (Å²) in [5.41, 5.74) is 2.37. The van der Waals surface area contributed by atoms with Gasteiger partial charge < -0.3 is 10.0 Å². The normalized spacial score (nSPS) is 29.9. The Hall–Kier alpha value is -1.83. The van der Waals surface area contributed by atoms with Crippen molar-refractivity contribution in [1.82, 2.24) is 9.80 Å². The van der Waals surface area contributed by atoms with Gasteiger partial charge in [0.25, 0.3) is 0 Å². The lowest BCUT2D eigenvalue weighted by Crippen LogP contribution is -2.68. The summed E-state index contributed by atoms with van der Waals surface area (Å²) in [4.78, 5) is 17.3. The summed E-state index contributed by atoms with van der Waals surface area (Å²) in [7, 11) is 0. The van der Waals surface area contributed by atoms with Gasteiger partial charge in [-0.2, -0.15) is 0 Å². The summed E-state index contributed by atoms with van der Waals surface area (Å²) < 4.78 is 0. The van der Waals surface area contributed by atoms with Crippen LogP contribution in [0.1, 0.15) is 68.4 Å². The molecule has 4 nitrogen and oxygen atoms in total. The zero-order valence-corrected chi connectivity index (χ0v) is 17.9. The lowest BCUT2D eigenvalue weighted by Gasteiger charge is -2.57. The van der Waals surface area contributed by atoms with Crippen LogP contribution in [-0.2, 0) is 4.79 Å². The fraction of sp³-hybridized carbons (Fsp3) is 0.654. The largest absolute Gasteiger partial charge is 0.395 e. The Kier molecular flexibility index (Phi) is 5.85. The second kappa shape index (κ2) is 8.73. The molecule has 2 aliphatic heterocycles. The summed E-state index contributed by atoms with van der Waals surface area (Å²) in [5.74, 6) is 8.33. The second-order valence-corrected chi connectivity index (χ2v) is 9.72. The summed E-state index contributed by atoms with van der Waals surface area (Å²) in [5, 5.41) is 10.1. The van der Waals surface area contributed by atoms with Gasteiger partial charge in [0, 0.05) is 48.5 Å². The molecule has 4 heteroatoms. The van der Waals surface area contributed by atoms with E-state index in [1.807, 2.05) is 0 Å². The van der Waals surface area contributed by atoms with Crippen LogP contribution in [0.5, 0.6) is 0 Å². The lowest BCUT2D eigenvalue weighted by molar-refractivity contribution is -0.137. The zero-order chi connectivity index (χ0) is 20.5. The van der Waals surface area contributed by atoms with Crippen LogP contribution in [0.2, 0.25) is 0 Å². The molecule has 1 N–H and O–H groups in total. The third-order valence-corrected chi connectivity index (χ3v) is 7.68. The molecule has 3 atom stereocenters. The highest BCUT2D eigenvalue weighted by Gasteiger charge is 2.50. The van der Waals surface area contributed by atoms with Gasteiger partial charge in [0.1, 0.15) is 0 Å². The van der Waals surface area contributed by atoms with Crippen molar-refractivity contribution in [3.63, 3.8) is 0 Å². The minimum absolute atomic E-state index is 0.168. The average Bonchev–Trinajstić information content (AvgIpc) is 3.47. The molecular weight excluding hydrogens is 372 g/mol. The summed E-state index contributed by atoms with van der Waals surface area (Å²) in [6.07, 6.45) is 9.44. The van der Waals surface area contributed by atoms with Gasteiger partial charge in [-0.3, -0.25) is 9.69 Å². The molecule has 0 radical (unpaired) electrons. The second-order valence-electron chi connectivity index (χ2n) is 9.72. The Morgan fingerprint density at radius 1 is 1.00 bits per heavy atom. The van der Waals surface area contributed by atoms with Gasteiger partial charge in [0.2, 0.25) is 5.91 Å². The number of carbonyl (C=O) groups is 1. The molecule has 160 valence electrons. The van der Waals surface area contributed by atoms with Crippen molar-refractivity contribution in [1.29, 1.82) is 0 Å². The molecule has 2 aliphatic carbocycles. The molecule has 0 aromatic heterocycles. The Balaban J connectivity index is 1.32. The van der Waals surface area contributed by atoms with E-state index in [4.69, 9.17) is 0 Å². The number of amides is 1. The van der Waals surface area contributed by atoms with Crippen molar-refractivity contribution in [3.8, 4) is 11.8 Å². The van der Waals surface area contributed by atoms with Crippen molar-refractivity contribution in [2.24, 2.45) is 11.8 Å². The molecule has 0 spiro atoms. The third-order valence-electron chi connectivity index (χ3n) is 7.68. The van der Waals surface area contributed by atoms with Crippen molar-refractivity contribution >= 4 is 5.91 Å². The van der Waals surface area contributed by atoms with E-state index >= 15 is 0 Å². The van der Waals surface area contributed by atoms with Gasteiger partial charge in [-0.25, -0.2) is 0 Å². The maximum absolute atomic E-state index is 12.8. The standard InChI is InChI=1S/C26H34N2O2/c29-18-24-25(21-11-9-20(10-12-21)8-7-19-5-1-2-6-19)23-17-27(26(30)22-13-14-22)15-3-4-16-28(23)24/h9-12,19,22-25,29H,1-6,13-18H2/t23-,24+,25-/m1/s1. The fourth-order valence-corrected chi connectivity index (χ4v) is 5.77. The fourth-order valence-electron chi connectivity index (χ4n) is 5.77. The van der Waals surface area contributed by atoms with Crippen LogP contribution in [0, 0.1) is 23.7 Å². The number of aliphatic hydroxyl groups excluding tert-OH is 1. The van der Waals surface area contributed by atoms with Crippen molar-refractivity contribution in [2.45, 2.75) is 69.4 Å². The van der Waals surface area contributed by atoms with E-state index in [-0.39, 0.29) is 18.6 Å². The number of hydrogen-bond donors (Lipinski definition) is 1. The molecule has 0 bridgehead atoms. The van der Waals surface area contributed by atoms with E-state index in [0.29, 0.717) is 23.8 Å². The van der Waals surface area contributed by atoms with Gasteiger partial charge in [-0.05, 0) is 62.8 Å². The first-order valence-electron chi connectivity index (χ1n) is 12.0. The van der Waals surface area contributed by atoms with E-state index in [1.165, 1.54) is 31.2 Å². The number of fused-ring (bicyclic) bond motifs is 1. The Morgan fingerprint density at radius 2 is 1.73 bits per heavy atom.